The lowest BCUT2D eigenvalue weighted by Gasteiger charge is -2.29. The second kappa shape index (κ2) is 4.21. The van der Waals surface area contributed by atoms with Crippen LogP contribution in [0.1, 0.15) is 18.4 Å². The summed E-state index contributed by atoms with van der Waals surface area (Å²) < 4.78 is 5.26. The second-order valence-electron chi connectivity index (χ2n) is 4.06. The van der Waals surface area contributed by atoms with E-state index >= 15 is 0 Å². The SMILES string of the molecule is COCC1(c2ccccc2O)CCCN1. The molecule has 1 fully saturated rings. The molecule has 0 radical (unpaired) electrons. The molecule has 0 aromatic heterocycles. The molecule has 1 atom stereocenters. The molecule has 2 N–H and O–H groups in total. The first-order valence-corrected chi connectivity index (χ1v) is 5.31. The lowest BCUT2D eigenvalue weighted by atomic mass is 9.88. The van der Waals surface area contributed by atoms with Gasteiger partial charge in [-0.1, -0.05) is 18.2 Å². The maximum atomic E-state index is 9.87. The average molecular weight is 207 g/mol. The number of phenols is 1. The van der Waals surface area contributed by atoms with Crippen molar-refractivity contribution in [1.29, 1.82) is 0 Å². The smallest absolute Gasteiger partial charge is 0.120 e. The Bertz CT molecular complexity index is 332. The molecular weight excluding hydrogens is 190 g/mol. The van der Waals surface area contributed by atoms with Crippen LogP contribution in [0.15, 0.2) is 24.3 Å². The summed E-state index contributed by atoms with van der Waals surface area (Å²) in [6, 6.07) is 7.49. The minimum Gasteiger partial charge on any atom is -0.508 e. The summed E-state index contributed by atoms with van der Waals surface area (Å²) in [5.74, 6) is 0.351. The van der Waals surface area contributed by atoms with Crippen molar-refractivity contribution < 1.29 is 9.84 Å². The molecule has 1 aliphatic rings. The topological polar surface area (TPSA) is 41.5 Å². The molecule has 0 amide bonds. The number of rotatable bonds is 3. The Morgan fingerprint density at radius 2 is 2.27 bits per heavy atom. The van der Waals surface area contributed by atoms with Crippen LogP contribution in [0.5, 0.6) is 5.75 Å². The highest BCUT2D eigenvalue weighted by Crippen LogP contribution is 2.36. The van der Waals surface area contributed by atoms with Crippen LogP contribution in [0, 0.1) is 0 Å². The number of hydrogen-bond donors (Lipinski definition) is 2. The van der Waals surface area contributed by atoms with E-state index in [0.29, 0.717) is 12.4 Å². The van der Waals surface area contributed by atoms with Gasteiger partial charge in [-0.25, -0.2) is 0 Å². The fourth-order valence-electron chi connectivity index (χ4n) is 2.36. The molecule has 1 unspecified atom stereocenters. The Morgan fingerprint density at radius 3 is 2.87 bits per heavy atom. The van der Waals surface area contributed by atoms with Gasteiger partial charge in [0.2, 0.25) is 0 Å². The molecule has 1 saturated heterocycles. The molecule has 0 bridgehead atoms. The Balaban J connectivity index is 2.36. The zero-order valence-electron chi connectivity index (χ0n) is 8.99. The van der Waals surface area contributed by atoms with Crippen molar-refractivity contribution in [2.75, 3.05) is 20.3 Å². The van der Waals surface area contributed by atoms with E-state index in [1.807, 2.05) is 18.2 Å². The lowest BCUT2D eigenvalue weighted by molar-refractivity contribution is 0.118. The van der Waals surface area contributed by atoms with Crippen molar-refractivity contribution in [1.82, 2.24) is 5.32 Å². The van der Waals surface area contributed by atoms with Gasteiger partial charge in [0.05, 0.1) is 12.1 Å². The van der Waals surface area contributed by atoms with Gasteiger partial charge in [-0.2, -0.15) is 0 Å². The normalized spacial score (nSPS) is 25.7. The molecule has 3 heteroatoms. The van der Waals surface area contributed by atoms with E-state index in [-0.39, 0.29) is 5.54 Å². The van der Waals surface area contributed by atoms with Gasteiger partial charge < -0.3 is 15.2 Å². The van der Waals surface area contributed by atoms with E-state index in [0.717, 1.165) is 24.9 Å². The minimum absolute atomic E-state index is 0.194. The predicted octanol–water partition coefficient (Wildman–Crippen LogP) is 1.62. The standard InChI is InChI=1S/C12H17NO2/c1-15-9-12(7-4-8-13-12)10-5-2-3-6-11(10)14/h2-3,5-6,13-14H,4,7-9H2,1H3. The summed E-state index contributed by atoms with van der Waals surface area (Å²) in [5.41, 5.74) is 0.754. The van der Waals surface area contributed by atoms with Crippen molar-refractivity contribution in [2.45, 2.75) is 18.4 Å². The van der Waals surface area contributed by atoms with Crippen LogP contribution in [0.3, 0.4) is 0 Å². The zero-order valence-corrected chi connectivity index (χ0v) is 8.99. The van der Waals surface area contributed by atoms with Gasteiger partial charge >= 0.3 is 0 Å². The maximum Gasteiger partial charge on any atom is 0.120 e. The van der Waals surface area contributed by atoms with Crippen LogP contribution >= 0.6 is 0 Å². The first-order valence-electron chi connectivity index (χ1n) is 5.31. The Hall–Kier alpha value is -1.06. The first kappa shape index (κ1) is 10.5. The Morgan fingerprint density at radius 1 is 1.47 bits per heavy atom. The Labute approximate surface area is 90.1 Å². The molecular formula is C12H17NO2. The second-order valence-corrected chi connectivity index (χ2v) is 4.06. The lowest BCUT2D eigenvalue weighted by Crippen LogP contribution is -2.41. The van der Waals surface area contributed by atoms with Crippen LogP contribution in [0.2, 0.25) is 0 Å². The van der Waals surface area contributed by atoms with Crippen LogP contribution in [0.4, 0.5) is 0 Å². The molecule has 0 saturated carbocycles. The Kier molecular flexibility index (Phi) is 2.93. The highest BCUT2D eigenvalue weighted by molar-refractivity contribution is 5.38. The third-order valence-electron chi connectivity index (χ3n) is 3.05. The molecule has 0 spiro atoms. The maximum absolute atomic E-state index is 9.87. The molecule has 82 valence electrons. The van der Waals surface area contributed by atoms with Crippen LogP contribution in [-0.2, 0) is 10.3 Å². The molecule has 1 aliphatic heterocycles. The average Bonchev–Trinajstić information content (AvgIpc) is 2.69. The third kappa shape index (κ3) is 1.85. The van der Waals surface area contributed by atoms with E-state index in [2.05, 4.69) is 5.32 Å². The van der Waals surface area contributed by atoms with Crippen molar-refractivity contribution in [3.63, 3.8) is 0 Å². The predicted molar refractivity (Wildman–Crippen MR) is 58.9 cm³/mol. The van der Waals surface area contributed by atoms with Gasteiger partial charge in [0, 0.05) is 12.7 Å². The summed E-state index contributed by atoms with van der Waals surface area (Å²) >= 11 is 0. The van der Waals surface area contributed by atoms with Crippen molar-refractivity contribution >= 4 is 0 Å². The molecule has 3 nitrogen and oxygen atoms in total. The summed E-state index contributed by atoms with van der Waals surface area (Å²) in [6.45, 7) is 1.59. The number of aromatic hydroxyl groups is 1. The van der Waals surface area contributed by atoms with Crippen molar-refractivity contribution in [2.24, 2.45) is 0 Å². The van der Waals surface area contributed by atoms with E-state index in [4.69, 9.17) is 4.74 Å². The fraction of sp³-hybridized carbons (Fsp3) is 0.500. The third-order valence-corrected chi connectivity index (χ3v) is 3.05. The monoisotopic (exact) mass is 207 g/mol. The highest BCUT2D eigenvalue weighted by Gasteiger charge is 2.37. The highest BCUT2D eigenvalue weighted by atomic mass is 16.5. The first-order chi connectivity index (χ1) is 7.28. The van der Waals surface area contributed by atoms with Gasteiger partial charge in [-0.3, -0.25) is 0 Å². The minimum atomic E-state index is -0.194. The summed E-state index contributed by atoms with van der Waals surface area (Å²) in [7, 11) is 1.70. The largest absolute Gasteiger partial charge is 0.508 e. The van der Waals surface area contributed by atoms with Gasteiger partial charge in [-0.05, 0) is 25.5 Å². The number of ether oxygens (including phenoxy) is 1. The van der Waals surface area contributed by atoms with E-state index in [1.165, 1.54) is 0 Å². The molecule has 15 heavy (non-hydrogen) atoms. The van der Waals surface area contributed by atoms with E-state index in [9.17, 15) is 5.11 Å². The molecule has 1 heterocycles. The fourth-order valence-corrected chi connectivity index (χ4v) is 2.36. The van der Waals surface area contributed by atoms with Gasteiger partial charge in [0.25, 0.3) is 0 Å². The summed E-state index contributed by atoms with van der Waals surface area (Å²) in [5, 5.41) is 13.3. The van der Waals surface area contributed by atoms with E-state index in [1.54, 1.807) is 13.2 Å². The van der Waals surface area contributed by atoms with Crippen LogP contribution in [0.25, 0.3) is 0 Å². The number of hydrogen-bond acceptors (Lipinski definition) is 3. The molecule has 0 aliphatic carbocycles. The number of phenolic OH excluding ortho intramolecular Hbond substituents is 1. The van der Waals surface area contributed by atoms with Gasteiger partial charge in [-0.15, -0.1) is 0 Å². The van der Waals surface area contributed by atoms with E-state index < -0.39 is 0 Å². The number of nitrogens with one attached hydrogen (secondary N) is 1. The van der Waals surface area contributed by atoms with Gasteiger partial charge in [0.1, 0.15) is 5.75 Å². The van der Waals surface area contributed by atoms with Gasteiger partial charge in [0.15, 0.2) is 0 Å². The molecule has 1 aromatic carbocycles. The molecule has 2 rings (SSSR count). The zero-order chi connectivity index (χ0) is 10.7. The summed E-state index contributed by atoms with van der Waals surface area (Å²) in [4.78, 5) is 0. The van der Waals surface area contributed by atoms with Crippen molar-refractivity contribution in [3.8, 4) is 5.75 Å². The van der Waals surface area contributed by atoms with Crippen LogP contribution < -0.4 is 5.32 Å². The van der Waals surface area contributed by atoms with Crippen LogP contribution in [-0.4, -0.2) is 25.4 Å². The number of methoxy groups -OCH3 is 1. The number of benzene rings is 1. The molecule has 1 aromatic rings. The summed E-state index contributed by atoms with van der Waals surface area (Å²) in [6.07, 6.45) is 2.14. The quantitative estimate of drug-likeness (QED) is 0.791. The number of para-hydroxylation sites is 1. The van der Waals surface area contributed by atoms with Crippen molar-refractivity contribution in [3.05, 3.63) is 29.8 Å².